The molecule has 0 aliphatic carbocycles. The lowest BCUT2D eigenvalue weighted by atomic mass is 10.2. The first-order valence-corrected chi connectivity index (χ1v) is 9.66. The molecule has 2 heterocycles. The minimum Gasteiger partial charge on any atom is -0.334 e. The molecule has 4 rings (SSSR count). The maximum atomic E-state index is 12.0. The first-order valence-electron chi connectivity index (χ1n) is 8.84. The van der Waals surface area contributed by atoms with Crippen molar-refractivity contribution < 1.29 is 4.79 Å². The third-order valence-electron chi connectivity index (χ3n) is 4.30. The van der Waals surface area contributed by atoms with E-state index in [2.05, 4.69) is 50.1 Å². The van der Waals surface area contributed by atoms with Crippen LogP contribution in [0, 0.1) is 6.92 Å². The largest absolute Gasteiger partial charge is 0.340 e. The minimum absolute atomic E-state index is 0.408. The molecule has 1 aromatic heterocycles. The van der Waals surface area contributed by atoms with Gasteiger partial charge in [-0.05, 0) is 31.2 Å². The summed E-state index contributed by atoms with van der Waals surface area (Å²) in [5.41, 5.74) is 5.60. The average Bonchev–Trinajstić information content (AvgIpc) is 3.01. The first kappa shape index (κ1) is 18.1. The van der Waals surface area contributed by atoms with Gasteiger partial charge in [0, 0.05) is 29.1 Å². The smallest absolute Gasteiger partial charge is 0.334 e. The molecule has 0 bridgehead atoms. The topological polar surface area (TPSA) is 74.6 Å². The van der Waals surface area contributed by atoms with Crippen molar-refractivity contribution >= 4 is 41.2 Å². The van der Waals surface area contributed by atoms with E-state index >= 15 is 0 Å². The maximum Gasteiger partial charge on any atom is 0.340 e. The van der Waals surface area contributed by atoms with Gasteiger partial charge in [-0.2, -0.15) is 10.2 Å². The predicted octanol–water partition coefficient (Wildman–Crippen LogP) is 4.14. The van der Waals surface area contributed by atoms with Gasteiger partial charge < -0.3 is 4.90 Å². The molecule has 3 aromatic rings. The van der Waals surface area contributed by atoms with Crippen molar-refractivity contribution in [3.63, 3.8) is 0 Å². The number of amides is 2. The molecule has 142 valence electrons. The van der Waals surface area contributed by atoms with Crippen LogP contribution in [0.3, 0.4) is 0 Å². The van der Waals surface area contributed by atoms with E-state index in [1.54, 1.807) is 35.8 Å². The number of carbonyl (C=O) groups excluding carboxylic acids is 1. The molecule has 8 heteroatoms. The van der Waals surface area contributed by atoms with E-state index in [0.29, 0.717) is 12.4 Å². The molecule has 28 heavy (non-hydrogen) atoms. The van der Waals surface area contributed by atoms with Crippen LogP contribution in [0.15, 0.2) is 69.5 Å². The van der Waals surface area contributed by atoms with Gasteiger partial charge in [-0.3, -0.25) is 10.00 Å². The van der Waals surface area contributed by atoms with Gasteiger partial charge in [0.2, 0.25) is 0 Å². The summed E-state index contributed by atoms with van der Waals surface area (Å²) >= 11 is 1.76. The predicted molar refractivity (Wildman–Crippen MR) is 113 cm³/mol. The fourth-order valence-corrected chi connectivity index (χ4v) is 4.17. The normalized spacial score (nSPS) is 12.6. The molecule has 0 unspecified atom stereocenters. The summed E-state index contributed by atoms with van der Waals surface area (Å²) < 4.78 is 1.61. The van der Waals surface area contributed by atoms with E-state index in [9.17, 15) is 4.79 Å². The van der Waals surface area contributed by atoms with Crippen LogP contribution in [0.4, 0.5) is 22.0 Å². The zero-order valence-corrected chi connectivity index (χ0v) is 16.4. The highest BCUT2D eigenvalue weighted by molar-refractivity contribution is 7.99. The second-order valence-electron chi connectivity index (χ2n) is 6.32. The molecular weight excluding hydrogens is 372 g/mol. The minimum atomic E-state index is -0.408. The number of hydrogen-bond donors (Lipinski definition) is 2. The van der Waals surface area contributed by atoms with Crippen LogP contribution in [-0.4, -0.2) is 28.6 Å². The Morgan fingerprint density at radius 3 is 2.39 bits per heavy atom. The Morgan fingerprint density at radius 1 is 1.14 bits per heavy atom. The molecule has 0 atom stereocenters. The lowest BCUT2D eigenvalue weighted by molar-refractivity contribution is 0.252. The number of benzene rings is 2. The van der Waals surface area contributed by atoms with E-state index in [0.717, 1.165) is 17.1 Å². The molecule has 0 spiro atoms. The molecular formula is C20H20N6OS. The summed E-state index contributed by atoms with van der Waals surface area (Å²) in [5, 5.41) is 11.0. The van der Waals surface area contributed by atoms with Gasteiger partial charge in [-0.15, -0.1) is 0 Å². The van der Waals surface area contributed by atoms with Gasteiger partial charge >= 0.3 is 6.03 Å². The SMILES string of the molecule is Cc1cc(NC(=O)N/N=C/CN2c3ccccc3Sc3ccccc32)n(C)n1. The third kappa shape index (κ3) is 3.72. The summed E-state index contributed by atoms with van der Waals surface area (Å²) in [5.74, 6) is 0.612. The van der Waals surface area contributed by atoms with Crippen molar-refractivity contribution in [3.8, 4) is 0 Å². The highest BCUT2D eigenvalue weighted by atomic mass is 32.2. The zero-order valence-electron chi connectivity index (χ0n) is 15.6. The van der Waals surface area contributed by atoms with E-state index in [-0.39, 0.29) is 0 Å². The molecule has 0 fully saturated rings. The fourth-order valence-electron chi connectivity index (χ4n) is 3.08. The van der Waals surface area contributed by atoms with Gasteiger partial charge in [-0.25, -0.2) is 10.2 Å². The Morgan fingerprint density at radius 2 is 1.79 bits per heavy atom. The molecule has 1 aliphatic heterocycles. The maximum absolute atomic E-state index is 12.0. The van der Waals surface area contributed by atoms with E-state index in [1.807, 2.05) is 31.2 Å². The van der Waals surface area contributed by atoms with Gasteiger partial charge in [0.15, 0.2) is 0 Å². The molecule has 1 aliphatic rings. The van der Waals surface area contributed by atoms with E-state index in [4.69, 9.17) is 0 Å². The molecule has 0 radical (unpaired) electrons. The van der Waals surface area contributed by atoms with E-state index < -0.39 is 6.03 Å². The zero-order chi connectivity index (χ0) is 19.5. The van der Waals surface area contributed by atoms with E-state index in [1.165, 1.54) is 9.79 Å². The van der Waals surface area contributed by atoms with Crippen molar-refractivity contribution in [2.45, 2.75) is 16.7 Å². The number of rotatable bonds is 4. The summed E-state index contributed by atoms with van der Waals surface area (Å²) in [7, 11) is 1.77. The summed E-state index contributed by atoms with van der Waals surface area (Å²) in [6, 6.07) is 17.9. The number of hydrazone groups is 1. The van der Waals surface area contributed by atoms with Crippen molar-refractivity contribution in [2.24, 2.45) is 12.1 Å². The van der Waals surface area contributed by atoms with Crippen molar-refractivity contribution in [3.05, 3.63) is 60.3 Å². The summed E-state index contributed by atoms with van der Waals surface area (Å²) in [4.78, 5) is 16.6. The standard InChI is InChI=1S/C20H20N6OS/c1-14-13-19(25(2)24-14)22-20(27)23-21-11-12-26-15-7-3-5-9-17(15)28-18-10-6-4-8-16(18)26/h3-11,13H,12H2,1-2H3,(H2,22,23,27)/b21-11+. The second kappa shape index (κ2) is 7.77. The number of para-hydroxylation sites is 2. The molecule has 0 saturated heterocycles. The Hall–Kier alpha value is -3.26. The van der Waals surface area contributed by atoms with Crippen molar-refractivity contribution in [1.29, 1.82) is 0 Å². The number of nitrogens with zero attached hydrogens (tertiary/aromatic N) is 4. The lowest BCUT2D eigenvalue weighted by Gasteiger charge is -2.31. The molecule has 2 amide bonds. The number of hydrogen-bond acceptors (Lipinski definition) is 5. The third-order valence-corrected chi connectivity index (χ3v) is 5.43. The Labute approximate surface area is 167 Å². The quantitative estimate of drug-likeness (QED) is 0.517. The van der Waals surface area contributed by atoms with Crippen molar-refractivity contribution in [1.82, 2.24) is 15.2 Å². The first-order chi connectivity index (χ1) is 13.6. The second-order valence-corrected chi connectivity index (χ2v) is 7.40. The fraction of sp³-hybridized carbons (Fsp3) is 0.150. The van der Waals surface area contributed by atoms with Crippen LogP contribution in [0.5, 0.6) is 0 Å². The van der Waals surface area contributed by atoms with Crippen LogP contribution in [0.25, 0.3) is 0 Å². The molecule has 2 aromatic carbocycles. The van der Waals surface area contributed by atoms with Gasteiger partial charge in [0.1, 0.15) is 5.82 Å². The number of carbonyl (C=O) groups is 1. The Bertz CT molecular complexity index is 999. The van der Waals surface area contributed by atoms with Crippen molar-refractivity contribution in [2.75, 3.05) is 16.8 Å². The lowest BCUT2D eigenvalue weighted by Crippen LogP contribution is -2.27. The van der Waals surface area contributed by atoms with Crippen LogP contribution in [-0.2, 0) is 7.05 Å². The highest BCUT2D eigenvalue weighted by Crippen LogP contribution is 2.47. The van der Waals surface area contributed by atoms with Crippen LogP contribution in [0.2, 0.25) is 0 Å². The van der Waals surface area contributed by atoms with Crippen LogP contribution >= 0.6 is 11.8 Å². The molecule has 2 N–H and O–H groups in total. The molecule has 7 nitrogen and oxygen atoms in total. The highest BCUT2D eigenvalue weighted by Gasteiger charge is 2.21. The number of anilines is 3. The van der Waals surface area contributed by atoms with Gasteiger partial charge in [0.25, 0.3) is 0 Å². The van der Waals surface area contributed by atoms with Crippen LogP contribution in [0.1, 0.15) is 5.69 Å². The number of urea groups is 1. The Kier molecular flexibility index (Phi) is 5.03. The monoisotopic (exact) mass is 392 g/mol. The Balaban J connectivity index is 1.43. The number of fused-ring (bicyclic) bond motifs is 2. The number of aryl methyl sites for hydroxylation is 2. The summed E-state index contributed by atoms with van der Waals surface area (Å²) in [6.07, 6.45) is 1.69. The van der Waals surface area contributed by atoms with Gasteiger partial charge in [-0.1, -0.05) is 36.0 Å². The average molecular weight is 392 g/mol. The number of nitrogens with one attached hydrogen (secondary N) is 2. The number of aromatic nitrogens is 2. The van der Waals surface area contributed by atoms with Crippen LogP contribution < -0.4 is 15.6 Å². The molecule has 0 saturated carbocycles. The van der Waals surface area contributed by atoms with Gasteiger partial charge in [0.05, 0.1) is 23.6 Å². The summed E-state index contributed by atoms with van der Waals surface area (Å²) in [6.45, 7) is 2.41.